The molecule has 4 fully saturated rings. The van der Waals surface area contributed by atoms with Gasteiger partial charge in [0.1, 0.15) is 5.69 Å². The van der Waals surface area contributed by atoms with Crippen molar-refractivity contribution in [3.05, 3.63) is 35.7 Å². The lowest BCUT2D eigenvalue weighted by molar-refractivity contribution is 0.0690. The number of anilines is 4. The van der Waals surface area contributed by atoms with Gasteiger partial charge in [0.05, 0.1) is 11.4 Å². The Morgan fingerprint density at radius 3 is 1.85 bits per heavy atom. The van der Waals surface area contributed by atoms with E-state index in [1.165, 1.54) is 32.1 Å². The van der Waals surface area contributed by atoms with Crippen LogP contribution in [-0.2, 0) is 0 Å². The quantitative estimate of drug-likeness (QED) is 0.408. The Kier molecular flexibility index (Phi) is 7.29. The third-order valence-corrected chi connectivity index (χ3v) is 8.50. The molecule has 0 radical (unpaired) electrons. The summed E-state index contributed by atoms with van der Waals surface area (Å²) in [5, 5.41) is 15.6. The average Bonchev–Trinajstić information content (AvgIpc) is 3.89. The van der Waals surface area contributed by atoms with Crippen LogP contribution in [0.15, 0.2) is 24.3 Å². The summed E-state index contributed by atoms with van der Waals surface area (Å²) < 4.78 is 0. The van der Waals surface area contributed by atoms with E-state index in [4.69, 9.17) is 10.8 Å². The van der Waals surface area contributed by atoms with E-state index in [0.29, 0.717) is 30.0 Å². The van der Waals surface area contributed by atoms with Crippen molar-refractivity contribution in [1.82, 2.24) is 9.97 Å². The highest BCUT2D eigenvalue weighted by Crippen LogP contribution is 2.36. The highest BCUT2D eigenvalue weighted by molar-refractivity contribution is 5.95. The number of hydrogen-bond acceptors (Lipinski definition) is 9. The number of carbonyl (C=O) groups excluding carboxylic acids is 1. The zero-order valence-electron chi connectivity index (χ0n) is 22.4. The molecule has 0 aromatic carbocycles. The van der Waals surface area contributed by atoms with Gasteiger partial charge in [-0.2, -0.15) is 0 Å². The van der Waals surface area contributed by atoms with Gasteiger partial charge in [-0.25, -0.2) is 14.8 Å². The molecule has 6 heterocycles. The summed E-state index contributed by atoms with van der Waals surface area (Å²) in [6.45, 7) is 5.12. The first-order chi connectivity index (χ1) is 19.0. The number of hydrogen-bond donors (Lipinski definition) is 4. The van der Waals surface area contributed by atoms with Crippen molar-refractivity contribution in [3.8, 4) is 0 Å². The lowest BCUT2D eigenvalue weighted by atomic mass is 10.1. The van der Waals surface area contributed by atoms with Gasteiger partial charge in [-0.05, 0) is 74.8 Å². The van der Waals surface area contributed by atoms with Gasteiger partial charge in [-0.15, -0.1) is 0 Å². The van der Waals surface area contributed by atoms with Crippen LogP contribution < -0.4 is 26.2 Å². The molecule has 2 saturated heterocycles. The first kappa shape index (κ1) is 25.9. The maximum absolute atomic E-state index is 12.1. The van der Waals surface area contributed by atoms with Crippen molar-refractivity contribution in [2.75, 3.05) is 53.2 Å². The molecule has 39 heavy (non-hydrogen) atoms. The molecule has 10 nitrogen and oxygen atoms in total. The van der Waals surface area contributed by atoms with Gasteiger partial charge in [-0.1, -0.05) is 12.8 Å². The van der Waals surface area contributed by atoms with Crippen LogP contribution >= 0.6 is 0 Å². The van der Waals surface area contributed by atoms with E-state index in [1.54, 1.807) is 6.07 Å². The Morgan fingerprint density at radius 2 is 1.36 bits per heavy atom. The number of pyridine rings is 2. The van der Waals surface area contributed by atoms with Crippen LogP contribution in [0, 0.1) is 11.8 Å². The molecular formula is C29H39N7O3. The predicted molar refractivity (Wildman–Crippen MR) is 152 cm³/mol. The fourth-order valence-electron chi connectivity index (χ4n) is 5.70. The van der Waals surface area contributed by atoms with Crippen molar-refractivity contribution in [3.63, 3.8) is 0 Å². The lowest BCUT2D eigenvalue weighted by Crippen LogP contribution is -2.32. The Morgan fingerprint density at radius 1 is 0.821 bits per heavy atom. The van der Waals surface area contributed by atoms with Crippen LogP contribution in [0.4, 0.5) is 23.0 Å². The summed E-state index contributed by atoms with van der Waals surface area (Å²) in [6.07, 6.45) is 9.35. The van der Waals surface area contributed by atoms with Crippen molar-refractivity contribution in [1.29, 1.82) is 0 Å². The number of rotatable bonds is 6. The number of carboxylic acids is 1. The maximum Gasteiger partial charge on any atom is 0.354 e. The number of aromatic nitrogens is 2. The summed E-state index contributed by atoms with van der Waals surface area (Å²) in [6, 6.07) is 8.28. The van der Waals surface area contributed by atoms with Crippen molar-refractivity contribution < 1.29 is 14.7 Å². The fourth-order valence-corrected chi connectivity index (χ4v) is 5.70. The Labute approximate surface area is 229 Å². The summed E-state index contributed by atoms with van der Waals surface area (Å²) in [4.78, 5) is 36.2. The van der Waals surface area contributed by atoms with Gasteiger partial charge in [0.15, 0.2) is 23.1 Å². The third-order valence-electron chi connectivity index (χ3n) is 8.50. The monoisotopic (exact) mass is 533 g/mol. The molecule has 2 aromatic heterocycles. The number of aromatic carboxylic acids is 1. The molecule has 2 aliphatic carbocycles. The van der Waals surface area contributed by atoms with Crippen molar-refractivity contribution in [2.45, 2.75) is 63.5 Å². The summed E-state index contributed by atoms with van der Waals surface area (Å²) >= 11 is 0. The maximum atomic E-state index is 12.1. The number of carbonyl (C=O) groups is 2. The topological polar surface area (TPSA) is 137 Å². The minimum Gasteiger partial charge on any atom is -0.477 e. The molecule has 0 spiro atoms. The number of ketones is 1. The molecule has 2 aromatic rings. The molecule has 5 N–H and O–H groups in total. The number of nitrogens with two attached hydrogens (primary N) is 1. The van der Waals surface area contributed by atoms with Gasteiger partial charge in [0.25, 0.3) is 0 Å². The Bertz CT molecular complexity index is 1230. The molecule has 8 rings (SSSR count). The molecule has 2 atom stereocenters. The second kappa shape index (κ2) is 11.0. The third kappa shape index (κ3) is 6.11. The van der Waals surface area contributed by atoms with Crippen molar-refractivity contribution in [2.24, 2.45) is 17.6 Å². The Hall–Kier alpha value is -3.40. The smallest absolute Gasteiger partial charge is 0.354 e. The number of Topliss-reactive ketones (excluding diaryl/α,β-unsaturated/α-hetero) is 1. The lowest BCUT2D eigenvalue weighted by Gasteiger charge is -2.27. The van der Waals surface area contributed by atoms with Crippen molar-refractivity contribution >= 4 is 34.8 Å². The van der Waals surface area contributed by atoms with Crippen LogP contribution in [0.5, 0.6) is 0 Å². The van der Waals surface area contributed by atoms with E-state index in [9.17, 15) is 9.59 Å². The molecule has 4 aliphatic heterocycles. The zero-order chi connectivity index (χ0) is 26.9. The second-order valence-electron chi connectivity index (χ2n) is 11.7. The molecule has 0 amide bonds. The largest absolute Gasteiger partial charge is 0.477 e. The van der Waals surface area contributed by atoms with E-state index >= 15 is 0 Å². The minimum absolute atomic E-state index is 0.101. The highest BCUT2D eigenvalue weighted by atomic mass is 16.4. The van der Waals surface area contributed by atoms with Gasteiger partial charge in [-0.3, -0.25) is 4.79 Å². The second-order valence-corrected chi connectivity index (χ2v) is 11.7. The van der Waals surface area contributed by atoms with E-state index in [1.807, 2.05) is 12.1 Å². The van der Waals surface area contributed by atoms with E-state index in [0.717, 1.165) is 74.6 Å². The summed E-state index contributed by atoms with van der Waals surface area (Å²) in [5.74, 6) is 2.56. The van der Waals surface area contributed by atoms with E-state index < -0.39 is 5.97 Å². The standard InChI is InChI=1S/C15H19N3O.C10H11N3O2.C4H9N/c19-14(6-3-10-1-2-10)12-4-5-13-15(17-12)16-11-7-8-18(13)9-11;14-10(15)7-1-2-8-9(12-7)11-6-3-4-13(8)5-6;5-3-4-1-2-4/h4-5,10-11H,1-3,6-9H2,(H,16,17);1-2,6H,3-5H2,(H,11,12)(H,14,15);4H,1-3,5H2/t11-;6-;/m00./s1. The SMILES string of the molecule is NCC1CC1.O=C(CCC1CC1)c1ccc2c(n1)N[C@H]1CCN2C1.O=C(O)c1ccc2c(n1)N[C@H]1CCN2C1. The molecule has 4 bridgehead atoms. The molecule has 2 saturated carbocycles. The van der Waals surface area contributed by atoms with Gasteiger partial charge in [0.2, 0.25) is 0 Å². The first-order valence-electron chi connectivity index (χ1n) is 14.5. The molecule has 6 aliphatic rings. The fraction of sp³-hybridized carbons (Fsp3) is 0.586. The Balaban J connectivity index is 0.000000123. The molecule has 208 valence electrons. The van der Waals surface area contributed by atoms with Crippen LogP contribution in [0.1, 0.15) is 72.3 Å². The number of fused-ring (bicyclic) bond motifs is 8. The van der Waals surface area contributed by atoms with Crippen LogP contribution in [0.3, 0.4) is 0 Å². The number of nitrogens with zero attached hydrogens (tertiary/aromatic N) is 4. The van der Waals surface area contributed by atoms with Gasteiger partial charge < -0.3 is 31.3 Å². The molecule has 0 unspecified atom stereocenters. The predicted octanol–water partition coefficient (Wildman–Crippen LogP) is 3.60. The van der Waals surface area contributed by atoms with Crippen LogP contribution in [0.2, 0.25) is 0 Å². The van der Waals surface area contributed by atoms with E-state index in [2.05, 4.69) is 36.5 Å². The van der Waals surface area contributed by atoms with E-state index in [-0.39, 0.29) is 11.5 Å². The number of nitrogens with one attached hydrogen (secondary N) is 2. The summed E-state index contributed by atoms with van der Waals surface area (Å²) in [5.41, 5.74) is 8.15. The number of carboxylic acid groups (broad SMARTS) is 1. The first-order valence-corrected chi connectivity index (χ1v) is 14.5. The average molecular weight is 534 g/mol. The van der Waals surface area contributed by atoms with Crippen LogP contribution in [-0.4, -0.2) is 71.6 Å². The normalized spacial score (nSPS) is 23.2. The zero-order valence-corrected chi connectivity index (χ0v) is 22.4. The van der Waals surface area contributed by atoms with Gasteiger partial charge in [0, 0.05) is 44.7 Å². The minimum atomic E-state index is -0.979. The highest BCUT2D eigenvalue weighted by Gasteiger charge is 2.32. The van der Waals surface area contributed by atoms with Gasteiger partial charge >= 0.3 is 5.97 Å². The van der Waals surface area contributed by atoms with Crippen LogP contribution in [0.25, 0.3) is 0 Å². The molecular weight excluding hydrogens is 494 g/mol. The summed E-state index contributed by atoms with van der Waals surface area (Å²) in [7, 11) is 0. The molecule has 10 heteroatoms.